The molecule has 0 bridgehead atoms. The number of nitrogens with zero attached hydrogens (tertiary/aromatic N) is 2. The first-order valence-corrected chi connectivity index (χ1v) is 8.05. The van der Waals surface area contributed by atoms with E-state index in [1.54, 1.807) is 19.1 Å². The Balaban J connectivity index is 2.05. The van der Waals surface area contributed by atoms with Gasteiger partial charge in [0, 0.05) is 19.6 Å². The zero-order valence-electron chi connectivity index (χ0n) is 14.9. The van der Waals surface area contributed by atoms with E-state index in [0.717, 1.165) is 5.56 Å². The third-order valence-electron chi connectivity index (χ3n) is 4.16. The highest BCUT2D eigenvalue weighted by molar-refractivity contribution is 5.74. The number of methoxy groups -OCH3 is 2. The molecule has 1 fully saturated rings. The van der Waals surface area contributed by atoms with E-state index in [0.29, 0.717) is 44.3 Å². The number of ether oxygens (including phenoxy) is 3. The molecule has 0 aromatic heterocycles. The predicted molar refractivity (Wildman–Crippen MR) is 91.8 cm³/mol. The number of hydrogen-bond acceptors (Lipinski definition) is 5. The number of morpholine rings is 1. The standard InChI is InChI=1S/C17H27N3O4/c1-19(2)14(12-18-17(21)20-7-9-24-10-8-20)13-5-6-15(22-3)16(11-13)23-4/h5-6,11,14H,7-10,12H2,1-4H3,(H,18,21). The molecule has 7 nitrogen and oxygen atoms in total. The lowest BCUT2D eigenvalue weighted by Gasteiger charge is -2.30. The van der Waals surface area contributed by atoms with Crippen molar-refractivity contribution in [3.05, 3.63) is 23.8 Å². The van der Waals surface area contributed by atoms with Crippen LogP contribution in [-0.2, 0) is 4.74 Å². The van der Waals surface area contributed by atoms with Gasteiger partial charge in [-0.15, -0.1) is 0 Å². The topological polar surface area (TPSA) is 63.3 Å². The number of likely N-dealkylation sites (N-methyl/N-ethyl adjacent to an activating group) is 1. The van der Waals surface area contributed by atoms with Crippen molar-refractivity contribution in [3.8, 4) is 11.5 Å². The van der Waals surface area contributed by atoms with Crippen molar-refractivity contribution in [2.24, 2.45) is 0 Å². The fourth-order valence-electron chi connectivity index (χ4n) is 2.72. The average Bonchev–Trinajstić information content (AvgIpc) is 2.61. The van der Waals surface area contributed by atoms with Crippen LogP contribution >= 0.6 is 0 Å². The van der Waals surface area contributed by atoms with Gasteiger partial charge in [-0.05, 0) is 31.8 Å². The van der Waals surface area contributed by atoms with Crippen LogP contribution in [0.3, 0.4) is 0 Å². The minimum atomic E-state index is -0.0503. The van der Waals surface area contributed by atoms with Gasteiger partial charge in [0.15, 0.2) is 11.5 Å². The Bertz CT molecular complexity index is 545. The summed E-state index contributed by atoms with van der Waals surface area (Å²) in [4.78, 5) is 16.1. The number of urea groups is 1. The zero-order valence-corrected chi connectivity index (χ0v) is 14.9. The van der Waals surface area contributed by atoms with E-state index in [1.165, 1.54) is 0 Å². The van der Waals surface area contributed by atoms with Crippen molar-refractivity contribution in [3.63, 3.8) is 0 Å². The van der Waals surface area contributed by atoms with Gasteiger partial charge in [-0.2, -0.15) is 0 Å². The van der Waals surface area contributed by atoms with Crippen molar-refractivity contribution in [2.45, 2.75) is 6.04 Å². The molecule has 1 aliphatic rings. The van der Waals surface area contributed by atoms with E-state index in [4.69, 9.17) is 14.2 Å². The first-order chi connectivity index (χ1) is 11.6. The largest absolute Gasteiger partial charge is 0.493 e. The van der Waals surface area contributed by atoms with E-state index in [2.05, 4.69) is 10.2 Å². The van der Waals surface area contributed by atoms with Crippen LogP contribution in [0.2, 0.25) is 0 Å². The van der Waals surface area contributed by atoms with Crippen molar-refractivity contribution >= 4 is 6.03 Å². The van der Waals surface area contributed by atoms with Crippen LogP contribution in [0.15, 0.2) is 18.2 Å². The summed E-state index contributed by atoms with van der Waals surface area (Å²) < 4.78 is 15.9. The maximum Gasteiger partial charge on any atom is 0.317 e. The molecule has 0 radical (unpaired) electrons. The smallest absolute Gasteiger partial charge is 0.317 e. The Labute approximate surface area is 143 Å². The van der Waals surface area contributed by atoms with Crippen molar-refractivity contribution in [1.82, 2.24) is 15.1 Å². The van der Waals surface area contributed by atoms with Gasteiger partial charge in [0.05, 0.1) is 33.5 Å². The summed E-state index contributed by atoms with van der Waals surface area (Å²) >= 11 is 0. The van der Waals surface area contributed by atoms with Crippen molar-refractivity contribution < 1.29 is 19.0 Å². The van der Waals surface area contributed by atoms with Crippen molar-refractivity contribution in [1.29, 1.82) is 0 Å². The molecule has 1 N–H and O–H groups in total. The highest BCUT2D eigenvalue weighted by Crippen LogP contribution is 2.31. The normalized spacial score (nSPS) is 16.0. The molecule has 0 spiro atoms. The van der Waals surface area contributed by atoms with Gasteiger partial charge < -0.3 is 29.3 Å². The number of carbonyl (C=O) groups excluding carboxylic acids is 1. The van der Waals surface area contributed by atoms with Crippen LogP contribution in [0, 0.1) is 0 Å². The number of carbonyl (C=O) groups is 1. The minimum absolute atomic E-state index is 0.0368. The van der Waals surface area contributed by atoms with Crippen LogP contribution in [-0.4, -0.2) is 77.0 Å². The molecule has 1 saturated heterocycles. The van der Waals surface area contributed by atoms with Crippen molar-refractivity contribution in [2.75, 3.05) is 61.2 Å². The fraction of sp³-hybridized carbons (Fsp3) is 0.588. The third-order valence-corrected chi connectivity index (χ3v) is 4.16. The first kappa shape index (κ1) is 18.4. The van der Waals surface area contributed by atoms with E-state index in [1.807, 2.05) is 32.3 Å². The average molecular weight is 337 g/mol. The van der Waals surface area contributed by atoms with Gasteiger partial charge in [-0.1, -0.05) is 6.07 Å². The number of amides is 2. The summed E-state index contributed by atoms with van der Waals surface area (Å²) in [6, 6.07) is 5.81. The van der Waals surface area contributed by atoms with Gasteiger partial charge in [0.2, 0.25) is 0 Å². The van der Waals surface area contributed by atoms with E-state index < -0.39 is 0 Å². The van der Waals surface area contributed by atoms with Gasteiger partial charge in [-0.3, -0.25) is 0 Å². The van der Waals surface area contributed by atoms with Crippen LogP contribution < -0.4 is 14.8 Å². The van der Waals surface area contributed by atoms with Crippen LogP contribution in [0.25, 0.3) is 0 Å². The summed E-state index contributed by atoms with van der Waals surface area (Å²) in [5, 5.41) is 3.02. The van der Waals surface area contributed by atoms with Gasteiger partial charge in [0.25, 0.3) is 0 Å². The lowest BCUT2D eigenvalue weighted by molar-refractivity contribution is 0.0528. The predicted octanol–water partition coefficient (Wildman–Crippen LogP) is 1.35. The molecule has 2 amide bonds. The molecule has 2 rings (SSSR count). The first-order valence-electron chi connectivity index (χ1n) is 8.05. The number of nitrogens with one attached hydrogen (secondary N) is 1. The monoisotopic (exact) mass is 337 g/mol. The molecular weight excluding hydrogens is 310 g/mol. The molecule has 1 heterocycles. The maximum atomic E-state index is 12.3. The zero-order chi connectivity index (χ0) is 17.5. The minimum Gasteiger partial charge on any atom is -0.493 e. The second kappa shape index (κ2) is 8.75. The Hall–Kier alpha value is -1.99. The third kappa shape index (κ3) is 4.52. The van der Waals surface area contributed by atoms with Gasteiger partial charge >= 0.3 is 6.03 Å². The molecule has 1 atom stereocenters. The summed E-state index contributed by atoms with van der Waals surface area (Å²) in [5.74, 6) is 1.37. The summed E-state index contributed by atoms with van der Waals surface area (Å²) in [6.07, 6.45) is 0. The van der Waals surface area contributed by atoms with E-state index >= 15 is 0 Å². The molecular formula is C17H27N3O4. The molecule has 0 aliphatic carbocycles. The molecule has 134 valence electrons. The molecule has 0 saturated carbocycles. The second-order valence-corrected chi connectivity index (χ2v) is 5.88. The lowest BCUT2D eigenvalue weighted by atomic mass is 10.1. The SMILES string of the molecule is COc1ccc(C(CNC(=O)N2CCOCC2)N(C)C)cc1OC. The molecule has 24 heavy (non-hydrogen) atoms. The summed E-state index contributed by atoms with van der Waals surface area (Å²) in [6.45, 7) is 2.97. The number of benzene rings is 1. The molecule has 1 aliphatic heterocycles. The Morgan fingerprint density at radius 1 is 1.25 bits per heavy atom. The second-order valence-electron chi connectivity index (χ2n) is 5.88. The van der Waals surface area contributed by atoms with Gasteiger partial charge in [-0.25, -0.2) is 4.79 Å². The van der Waals surface area contributed by atoms with Crippen LogP contribution in [0.5, 0.6) is 11.5 Å². The van der Waals surface area contributed by atoms with Crippen LogP contribution in [0.4, 0.5) is 4.79 Å². The quantitative estimate of drug-likeness (QED) is 0.849. The maximum absolute atomic E-state index is 12.3. The van der Waals surface area contributed by atoms with Crippen LogP contribution in [0.1, 0.15) is 11.6 Å². The Morgan fingerprint density at radius 2 is 1.92 bits per heavy atom. The molecule has 7 heteroatoms. The molecule has 1 aromatic rings. The Kier molecular flexibility index (Phi) is 6.69. The highest BCUT2D eigenvalue weighted by atomic mass is 16.5. The van der Waals surface area contributed by atoms with E-state index in [9.17, 15) is 4.79 Å². The fourth-order valence-corrected chi connectivity index (χ4v) is 2.72. The summed E-state index contributed by atoms with van der Waals surface area (Å²) in [7, 11) is 7.21. The Morgan fingerprint density at radius 3 is 2.50 bits per heavy atom. The van der Waals surface area contributed by atoms with Gasteiger partial charge in [0.1, 0.15) is 0 Å². The number of hydrogen-bond donors (Lipinski definition) is 1. The molecule has 1 unspecified atom stereocenters. The highest BCUT2D eigenvalue weighted by Gasteiger charge is 2.21. The summed E-state index contributed by atoms with van der Waals surface area (Å²) in [5.41, 5.74) is 1.06. The van der Waals surface area contributed by atoms with E-state index in [-0.39, 0.29) is 12.1 Å². The molecule has 1 aromatic carbocycles. The number of rotatable bonds is 6. The lowest BCUT2D eigenvalue weighted by Crippen LogP contribution is -2.47.